The number of amides is 1. The molecule has 2 saturated heterocycles. The van der Waals surface area contributed by atoms with Crippen LogP contribution in [0.5, 0.6) is 5.75 Å². The van der Waals surface area contributed by atoms with Crippen molar-refractivity contribution in [3.8, 4) is 5.75 Å². The van der Waals surface area contributed by atoms with Gasteiger partial charge in [0.2, 0.25) is 5.95 Å². The Kier molecular flexibility index (Phi) is 8.74. The zero-order chi connectivity index (χ0) is 30.0. The predicted octanol–water partition coefficient (Wildman–Crippen LogP) is 3.62. The molecule has 4 N–H and O–H groups in total. The number of ether oxygens (including phenoxy) is 2. The van der Waals surface area contributed by atoms with Crippen molar-refractivity contribution in [3.63, 3.8) is 0 Å². The SMILES string of the molecule is CCC[C@@H](CCO)Nc1nc(N)nc2cnn(Cc3ccc(CN4C[C@@H]5C[C@H]4CN5C(=O)OC(C)(C)C)cc3OC)c12. The summed E-state index contributed by atoms with van der Waals surface area (Å²) in [5.41, 5.74) is 9.07. The minimum Gasteiger partial charge on any atom is -0.496 e. The number of nitrogen functional groups attached to an aromatic ring is 1. The van der Waals surface area contributed by atoms with Crippen molar-refractivity contribution >= 4 is 28.9 Å². The maximum absolute atomic E-state index is 12.6. The van der Waals surface area contributed by atoms with Gasteiger partial charge in [-0.25, -0.2) is 9.78 Å². The lowest BCUT2D eigenvalue weighted by Gasteiger charge is -2.35. The first-order valence-corrected chi connectivity index (χ1v) is 14.8. The molecule has 5 rings (SSSR count). The van der Waals surface area contributed by atoms with E-state index in [9.17, 15) is 9.90 Å². The van der Waals surface area contributed by atoms with Crippen LogP contribution in [0, 0.1) is 0 Å². The molecule has 2 aromatic heterocycles. The Labute approximate surface area is 247 Å². The van der Waals surface area contributed by atoms with Crippen LogP contribution in [0.3, 0.4) is 0 Å². The third-order valence-electron chi connectivity index (χ3n) is 8.00. The summed E-state index contributed by atoms with van der Waals surface area (Å²) in [6.45, 7) is 10.7. The minimum absolute atomic E-state index is 0.0618. The summed E-state index contributed by atoms with van der Waals surface area (Å²) in [6, 6.07) is 6.88. The Morgan fingerprint density at radius 2 is 2.00 bits per heavy atom. The lowest BCUT2D eigenvalue weighted by Crippen LogP contribution is -2.49. The molecule has 1 amide bonds. The Hall–Kier alpha value is -3.64. The molecule has 2 aliphatic rings. The second kappa shape index (κ2) is 12.3. The molecule has 2 fully saturated rings. The van der Waals surface area contributed by atoms with Crippen LogP contribution < -0.4 is 15.8 Å². The molecule has 0 unspecified atom stereocenters. The number of rotatable bonds is 11. The second-order valence-corrected chi connectivity index (χ2v) is 12.4. The number of carbonyl (C=O) groups excluding carboxylic acids is 1. The molecule has 0 saturated carbocycles. The van der Waals surface area contributed by atoms with Crippen molar-refractivity contribution in [1.29, 1.82) is 0 Å². The molecule has 42 heavy (non-hydrogen) atoms. The van der Waals surface area contributed by atoms with Gasteiger partial charge in [-0.3, -0.25) is 9.58 Å². The van der Waals surface area contributed by atoms with Crippen LogP contribution in [0.4, 0.5) is 16.6 Å². The maximum Gasteiger partial charge on any atom is 0.410 e. The molecule has 228 valence electrons. The van der Waals surface area contributed by atoms with Crippen LogP contribution in [0.2, 0.25) is 0 Å². The highest BCUT2D eigenvalue weighted by Gasteiger charge is 2.46. The molecule has 3 atom stereocenters. The van der Waals surface area contributed by atoms with Crippen LogP contribution in [0.15, 0.2) is 24.4 Å². The van der Waals surface area contributed by atoms with E-state index in [4.69, 9.17) is 15.2 Å². The van der Waals surface area contributed by atoms with Crippen molar-refractivity contribution in [2.24, 2.45) is 0 Å². The van der Waals surface area contributed by atoms with Crippen molar-refractivity contribution in [1.82, 2.24) is 29.5 Å². The highest BCUT2D eigenvalue weighted by atomic mass is 16.6. The summed E-state index contributed by atoms with van der Waals surface area (Å²) < 4.78 is 13.3. The normalized spacial score (nSPS) is 19.4. The molecule has 4 heterocycles. The molecule has 2 aliphatic heterocycles. The molecule has 3 aromatic rings. The molecule has 12 heteroatoms. The van der Waals surface area contributed by atoms with Gasteiger partial charge in [-0.15, -0.1) is 0 Å². The van der Waals surface area contributed by atoms with Gasteiger partial charge < -0.3 is 30.5 Å². The van der Waals surface area contributed by atoms with Gasteiger partial charge in [0.05, 0.1) is 19.9 Å². The number of aliphatic hydroxyl groups is 1. The fourth-order valence-corrected chi connectivity index (χ4v) is 6.12. The number of nitrogens with zero attached hydrogens (tertiary/aromatic N) is 6. The van der Waals surface area contributed by atoms with E-state index in [1.54, 1.807) is 13.3 Å². The predicted molar refractivity (Wildman–Crippen MR) is 161 cm³/mol. The summed E-state index contributed by atoms with van der Waals surface area (Å²) in [6.07, 6.45) is 4.94. The second-order valence-electron chi connectivity index (χ2n) is 12.4. The fourth-order valence-electron chi connectivity index (χ4n) is 6.12. The number of carbonyl (C=O) groups is 1. The average molecular weight is 581 g/mol. The number of methoxy groups -OCH3 is 1. The number of hydrogen-bond acceptors (Lipinski definition) is 10. The number of benzene rings is 1. The zero-order valence-corrected chi connectivity index (χ0v) is 25.3. The fraction of sp³-hybridized carbons (Fsp3) is 0.600. The van der Waals surface area contributed by atoms with E-state index in [1.165, 1.54) is 0 Å². The highest BCUT2D eigenvalue weighted by molar-refractivity contribution is 5.86. The van der Waals surface area contributed by atoms with Crippen LogP contribution in [-0.2, 0) is 17.8 Å². The van der Waals surface area contributed by atoms with Crippen molar-refractivity contribution in [3.05, 3.63) is 35.5 Å². The van der Waals surface area contributed by atoms with Gasteiger partial charge in [-0.2, -0.15) is 10.1 Å². The monoisotopic (exact) mass is 580 g/mol. The van der Waals surface area contributed by atoms with E-state index in [-0.39, 0.29) is 30.7 Å². The first-order chi connectivity index (χ1) is 20.1. The van der Waals surface area contributed by atoms with E-state index in [0.29, 0.717) is 36.9 Å². The summed E-state index contributed by atoms with van der Waals surface area (Å²) in [5, 5.41) is 17.6. The van der Waals surface area contributed by atoms with Crippen LogP contribution >= 0.6 is 0 Å². The molecule has 1 aromatic carbocycles. The van der Waals surface area contributed by atoms with Gasteiger partial charge in [0.1, 0.15) is 22.4 Å². The molecule has 12 nitrogen and oxygen atoms in total. The number of fused-ring (bicyclic) bond motifs is 3. The van der Waals surface area contributed by atoms with E-state index >= 15 is 0 Å². The molecule has 0 radical (unpaired) electrons. The van der Waals surface area contributed by atoms with E-state index < -0.39 is 5.60 Å². The zero-order valence-electron chi connectivity index (χ0n) is 25.3. The van der Waals surface area contributed by atoms with Gasteiger partial charge >= 0.3 is 6.09 Å². The number of aliphatic hydroxyl groups excluding tert-OH is 1. The van der Waals surface area contributed by atoms with Crippen molar-refractivity contribution in [2.45, 2.75) is 90.2 Å². The number of nitrogens with one attached hydrogen (secondary N) is 1. The third-order valence-corrected chi connectivity index (χ3v) is 8.00. The minimum atomic E-state index is -0.491. The summed E-state index contributed by atoms with van der Waals surface area (Å²) in [7, 11) is 1.68. The molecule has 0 aliphatic carbocycles. The smallest absolute Gasteiger partial charge is 0.410 e. The van der Waals surface area contributed by atoms with Crippen LogP contribution in [0.1, 0.15) is 64.5 Å². The van der Waals surface area contributed by atoms with Gasteiger partial charge in [-0.05, 0) is 51.7 Å². The van der Waals surface area contributed by atoms with Crippen molar-refractivity contribution in [2.75, 3.05) is 37.9 Å². The van der Waals surface area contributed by atoms with Gasteiger partial charge in [0.25, 0.3) is 0 Å². The average Bonchev–Trinajstić information content (AvgIpc) is 3.63. The number of piperazine rings is 1. The standard InChI is InChI=1S/C30H44N8O4/c1-6-7-21(10-11-39)33-27-26-24(34-28(31)35-27)14-32-38(26)16-20-9-8-19(12-25(20)41-5)15-36-17-23-13-22(36)18-37(23)29(40)42-30(2,3)4/h8-9,12,14,21-23,39H,6-7,10-11,13,15-18H2,1-5H3,(H3,31,33,34,35)/t21-,22-,23-/m0/s1. The topological polar surface area (TPSA) is 144 Å². The maximum atomic E-state index is 12.6. The summed E-state index contributed by atoms with van der Waals surface area (Å²) in [4.78, 5) is 25.8. The molecule has 2 bridgehead atoms. The van der Waals surface area contributed by atoms with Crippen LogP contribution in [0.25, 0.3) is 11.0 Å². The van der Waals surface area contributed by atoms with Gasteiger partial charge in [0, 0.05) is 49.9 Å². The number of hydrogen-bond donors (Lipinski definition) is 3. The number of aromatic nitrogens is 4. The largest absolute Gasteiger partial charge is 0.496 e. The van der Waals surface area contributed by atoms with E-state index in [0.717, 1.165) is 54.7 Å². The Balaban J connectivity index is 1.30. The molecule has 0 spiro atoms. The first-order valence-electron chi connectivity index (χ1n) is 14.8. The highest BCUT2D eigenvalue weighted by Crippen LogP contribution is 2.34. The van der Waals surface area contributed by atoms with Gasteiger partial charge in [0.15, 0.2) is 5.82 Å². The van der Waals surface area contributed by atoms with Crippen LogP contribution in [-0.4, -0.2) is 91.3 Å². The lowest BCUT2D eigenvalue weighted by molar-refractivity contribution is 0.0124. The van der Waals surface area contributed by atoms with Gasteiger partial charge in [-0.1, -0.05) is 25.5 Å². The number of nitrogens with two attached hydrogens (primary N) is 1. The number of anilines is 2. The number of likely N-dealkylation sites (tertiary alicyclic amines) is 2. The van der Waals surface area contributed by atoms with E-state index in [2.05, 4.69) is 50.4 Å². The molecular formula is C30H44N8O4. The third kappa shape index (κ3) is 6.54. The molecular weight excluding hydrogens is 536 g/mol. The lowest BCUT2D eigenvalue weighted by atomic mass is 10.1. The summed E-state index contributed by atoms with van der Waals surface area (Å²) in [5.74, 6) is 1.57. The van der Waals surface area contributed by atoms with E-state index in [1.807, 2.05) is 30.4 Å². The van der Waals surface area contributed by atoms with Crippen molar-refractivity contribution < 1.29 is 19.4 Å². The Bertz CT molecular complexity index is 1400. The summed E-state index contributed by atoms with van der Waals surface area (Å²) >= 11 is 0. The first kappa shape index (κ1) is 29.8. The quantitative estimate of drug-likeness (QED) is 0.308. The Morgan fingerprint density at radius 1 is 1.19 bits per heavy atom. The Morgan fingerprint density at radius 3 is 2.67 bits per heavy atom.